The number of carbonyl (C=O) groups excluding carboxylic acids is 2. The van der Waals surface area contributed by atoms with Crippen LogP contribution in [0.4, 0.5) is 0 Å². The molecule has 1 aliphatic rings. The molecule has 1 rings (SSSR count). The Labute approximate surface area is 92.6 Å². The third kappa shape index (κ3) is 9.60. The van der Waals surface area contributed by atoms with E-state index in [0.717, 1.165) is 0 Å². The Morgan fingerprint density at radius 1 is 0.800 bits per heavy atom. The van der Waals surface area contributed by atoms with Crippen molar-refractivity contribution in [1.29, 1.82) is 0 Å². The smallest absolute Gasteiger partial charge is 0.139 e. The Hall–Kier alpha value is -0.700. The van der Waals surface area contributed by atoms with E-state index in [9.17, 15) is 9.59 Å². The van der Waals surface area contributed by atoms with Gasteiger partial charge in [-0.05, 0) is 20.8 Å². The topological polar surface area (TPSA) is 65.6 Å². The third-order valence-electron chi connectivity index (χ3n) is 2.72. The normalized spacial score (nSPS) is 14.7. The van der Waals surface area contributed by atoms with E-state index in [-0.39, 0.29) is 17.0 Å². The van der Waals surface area contributed by atoms with Crippen molar-refractivity contribution >= 4 is 11.6 Å². The summed E-state index contributed by atoms with van der Waals surface area (Å²) < 4.78 is 0. The minimum atomic E-state index is -0.407. The minimum Gasteiger partial charge on any atom is -0.412 e. The maximum Gasteiger partial charge on any atom is 0.139 e. The lowest BCUT2D eigenvalue weighted by molar-refractivity contribution is -0.129. The summed E-state index contributed by atoms with van der Waals surface area (Å²) in [5.74, 6) is -0.523. The van der Waals surface area contributed by atoms with Gasteiger partial charge in [-0.15, -0.1) is 0 Å². The molecule has 0 aromatic heterocycles. The lowest BCUT2D eigenvalue weighted by Crippen LogP contribution is -2.14. The summed E-state index contributed by atoms with van der Waals surface area (Å²) in [5, 5.41) is 0. The van der Waals surface area contributed by atoms with E-state index in [1.807, 2.05) is 0 Å². The molecule has 0 saturated heterocycles. The van der Waals surface area contributed by atoms with E-state index < -0.39 is 5.92 Å². The summed E-state index contributed by atoms with van der Waals surface area (Å²) in [6.07, 6.45) is 9.00. The highest BCUT2D eigenvalue weighted by molar-refractivity contribution is 5.99. The molecule has 0 aromatic rings. The lowest BCUT2D eigenvalue weighted by atomic mass is 10.0. The van der Waals surface area contributed by atoms with Gasteiger partial charge in [0.25, 0.3) is 0 Å². The average Bonchev–Trinajstić information content (AvgIpc) is 2.20. The van der Waals surface area contributed by atoms with E-state index in [1.54, 1.807) is 6.92 Å². The summed E-state index contributed by atoms with van der Waals surface area (Å²) in [5.41, 5.74) is 0. The zero-order chi connectivity index (χ0) is 11.0. The number of carbonyl (C=O) groups is 2. The average molecular weight is 216 g/mol. The number of hydrogen-bond donors (Lipinski definition) is 0. The SMILES string of the molecule is C1CCCCC1.CC(=O)C(C)C(C)=O.O. The second kappa shape index (κ2) is 9.84. The van der Waals surface area contributed by atoms with Gasteiger partial charge in [-0.3, -0.25) is 9.59 Å². The molecule has 1 saturated carbocycles. The van der Waals surface area contributed by atoms with E-state index in [1.165, 1.54) is 52.4 Å². The summed E-state index contributed by atoms with van der Waals surface area (Å²) in [6.45, 7) is 4.46. The summed E-state index contributed by atoms with van der Waals surface area (Å²) in [7, 11) is 0. The molecule has 0 heterocycles. The standard InChI is InChI=1S/C6H10O2.C6H12.H2O/c1-4(5(2)7)6(3)8;1-2-4-6-5-3-1;/h4H,1-3H3;1-6H2;1H2. The molecule has 3 heteroatoms. The molecule has 0 unspecified atom stereocenters. The Balaban J connectivity index is 0. The predicted molar refractivity (Wildman–Crippen MR) is 61.8 cm³/mol. The van der Waals surface area contributed by atoms with Crippen LogP contribution >= 0.6 is 0 Å². The highest BCUT2D eigenvalue weighted by Crippen LogP contribution is 2.15. The number of hydrogen-bond acceptors (Lipinski definition) is 2. The van der Waals surface area contributed by atoms with Crippen molar-refractivity contribution in [2.75, 3.05) is 0 Å². The first-order valence-corrected chi connectivity index (χ1v) is 5.56. The van der Waals surface area contributed by atoms with Gasteiger partial charge in [0.1, 0.15) is 11.6 Å². The quantitative estimate of drug-likeness (QED) is 0.665. The van der Waals surface area contributed by atoms with E-state index in [0.29, 0.717) is 0 Å². The van der Waals surface area contributed by atoms with Crippen LogP contribution < -0.4 is 0 Å². The van der Waals surface area contributed by atoms with Gasteiger partial charge in [0.15, 0.2) is 0 Å². The number of Topliss-reactive ketones (excluding diaryl/α,β-unsaturated/α-hetero) is 2. The third-order valence-corrected chi connectivity index (χ3v) is 2.72. The van der Waals surface area contributed by atoms with Crippen molar-refractivity contribution < 1.29 is 15.1 Å². The molecule has 2 N–H and O–H groups in total. The molecule has 1 fully saturated rings. The van der Waals surface area contributed by atoms with Crippen LogP contribution in [0.15, 0.2) is 0 Å². The Bertz CT molecular complexity index is 158. The van der Waals surface area contributed by atoms with Gasteiger partial charge < -0.3 is 5.48 Å². The van der Waals surface area contributed by atoms with Gasteiger partial charge >= 0.3 is 0 Å². The monoisotopic (exact) mass is 216 g/mol. The van der Waals surface area contributed by atoms with Crippen LogP contribution in [-0.2, 0) is 9.59 Å². The fourth-order valence-electron chi connectivity index (χ4n) is 1.35. The van der Waals surface area contributed by atoms with Gasteiger partial charge in [0, 0.05) is 0 Å². The van der Waals surface area contributed by atoms with Gasteiger partial charge in [-0.1, -0.05) is 38.5 Å². The number of ketones is 2. The molecule has 3 nitrogen and oxygen atoms in total. The van der Waals surface area contributed by atoms with Crippen LogP contribution in [0.1, 0.15) is 59.3 Å². The van der Waals surface area contributed by atoms with Crippen LogP contribution in [0.25, 0.3) is 0 Å². The van der Waals surface area contributed by atoms with Crippen LogP contribution in [0.3, 0.4) is 0 Å². The van der Waals surface area contributed by atoms with Crippen molar-refractivity contribution in [3.8, 4) is 0 Å². The first kappa shape index (κ1) is 16.7. The molecule has 0 aliphatic heterocycles. The highest BCUT2D eigenvalue weighted by Gasteiger charge is 2.11. The van der Waals surface area contributed by atoms with Gasteiger partial charge in [0.2, 0.25) is 0 Å². The fraction of sp³-hybridized carbons (Fsp3) is 0.833. The van der Waals surface area contributed by atoms with Gasteiger partial charge in [0.05, 0.1) is 5.92 Å². The molecule has 0 amide bonds. The zero-order valence-electron chi connectivity index (χ0n) is 10.1. The second-order valence-electron chi connectivity index (χ2n) is 4.06. The molecule has 0 atom stereocenters. The second-order valence-corrected chi connectivity index (χ2v) is 4.06. The predicted octanol–water partition coefficient (Wildman–Crippen LogP) is 2.32. The molecule has 0 bridgehead atoms. The lowest BCUT2D eigenvalue weighted by Gasteiger charge is -2.05. The molecular formula is C12H24O3. The van der Waals surface area contributed by atoms with E-state index >= 15 is 0 Å². The zero-order valence-corrected chi connectivity index (χ0v) is 10.1. The largest absolute Gasteiger partial charge is 0.412 e. The maximum atomic E-state index is 10.4. The Morgan fingerprint density at radius 2 is 1.00 bits per heavy atom. The van der Waals surface area contributed by atoms with Crippen LogP contribution in [0.2, 0.25) is 0 Å². The molecule has 0 aromatic carbocycles. The van der Waals surface area contributed by atoms with E-state index in [4.69, 9.17) is 0 Å². The van der Waals surface area contributed by atoms with Crippen molar-refractivity contribution in [3.05, 3.63) is 0 Å². The molecule has 0 spiro atoms. The maximum absolute atomic E-state index is 10.4. The molecule has 0 radical (unpaired) electrons. The van der Waals surface area contributed by atoms with E-state index in [2.05, 4.69) is 0 Å². The highest BCUT2D eigenvalue weighted by atomic mass is 16.1. The van der Waals surface area contributed by atoms with Gasteiger partial charge in [-0.2, -0.15) is 0 Å². The minimum absolute atomic E-state index is 0. The van der Waals surface area contributed by atoms with Crippen molar-refractivity contribution in [2.24, 2.45) is 5.92 Å². The fourth-order valence-corrected chi connectivity index (χ4v) is 1.35. The van der Waals surface area contributed by atoms with Crippen molar-refractivity contribution in [2.45, 2.75) is 59.3 Å². The van der Waals surface area contributed by atoms with Crippen LogP contribution in [0.5, 0.6) is 0 Å². The van der Waals surface area contributed by atoms with Crippen LogP contribution in [0, 0.1) is 5.92 Å². The van der Waals surface area contributed by atoms with Gasteiger partial charge in [-0.25, -0.2) is 0 Å². The van der Waals surface area contributed by atoms with Crippen LogP contribution in [-0.4, -0.2) is 17.0 Å². The van der Waals surface area contributed by atoms with Crippen molar-refractivity contribution in [3.63, 3.8) is 0 Å². The number of rotatable bonds is 2. The molecule has 90 valence electrons. The Morgan fingerprint density at radius 3 is 1.07 bits per heavy atom. The summed E-state index contributed by atoms with van der Waals surface area (Å²) in [4.78, 5) is 20.7. The first-order valence-electron chi connectivity index (χ1n) is 5.56. The Kier molecular flexibility index (Phi) is 11.0. The molecular weight excluding hydrogens is 192 g/mol. The molecule has 1 aliphatic carbocycles. The first-order chi connectivity index (χ1) is 6.55. The summed E-state index contributed by atoms with van der Waals surface area (Å²) >= 11 is 0. The van der Waals surface area contributed by atoms with Crippen molar-refractivity contribution in [1.82, 2.24) is 0 Å². The molecule has 15 heavy (non-hydrogen) atoms. The summed E-state index contributed by atoms with van der Waals surface area (Å²) in [6, 6.07) is 0.